The van der Waals surface area contributed by atoms with E-state index in [-0.39, 0.29) is 17.9 Å². The van der Waals surface area contributed by atoms with Gasteiger partial charge in [-0.1, -0.05) is 0 Å². The number of nitrogens with zero attached hydrogens (tertiary/aromatic N) is 2. The van der Waals surface area contributed by atoms with Gasteiger partial charge in [0.2, 0.25) is 5.91 Å². The molecule has 3 rings (SSSR count). The van der Waals surface area contributed by atoms with Crippen LogP contribution in [0.1, 0.15) is 49.9 Å². The molecule has 2 aliphatic heterocycles. The van der Waals surface area contributed by atoms with Gasteiger partial charge < -0.3 is 14.9 Å². The molecule has 0 bridgehead atoms. The SMILES string of the molecule is CC(C)(O)C1CCCN1C(=O)c1ccc(N2CCCC2=O)cc1. The lowest BCUT2D eigenvalue weighted by molar-refractivity contribution is -0.117. The van der Waals surface area contributed by atoms with E-state index >= 15 is 0 Å². The normalized spacial score (nSPS) is 22.0. The van der Waals surface area contributed by atoms with Gasteiger partial charge in [0.25, 0.3) is 5.91 Å². The Bertz CT molecular complexity index is 604. The molecule has 0 saturated carbocycles. The molecule has 0 radical (unpaired) electrons. The summed E-state index contributed by atoms with van der Waals surface area (Å²) in [4.78, 5) is 28.1. The lowest BCUT2D eigenvalue weighted by Gasteiger charge is -2.34. The predicted octanol–water partition coefficient (Wildman–Crippen LogP) is 2.19. The molecule has 23 heavy (non-hydrogen) atoms. The number of aliphatic hydroxyl groups is 1. The van der Waals surface area contributed by atoms with Crippen molar-refractivity contribution in [2.24, 2.45) is 0 Å². The molecule has 1 aromatic rings. The van der Waals surface area contributed by atoms with Gasteiger partial charge in [0.1, 0.15) is 0 Å². The summed E-state index contributed by atoms with van der Waals surface area (Å²) in [5.74, 6) is 0.0969. The topological polar surface area (TPSA) is 60.9 Å². The third kappa shape index (κ3) is 3.11. The van der Waals surface area contributed by atoms with E-state index in [1.165, 1.54) is 0 Å². The van der Waals surface area contributed by atoms with Gasteiger partial charge in [-0.2, -0.15) is 0 Å². The lowest BCUT2D eigenvalue weighted by atomic mass is 9.96. The van der Waals surface area contributed by atoms with E-state index in [4.69, 9.17) is 0 Å². The molecule has 2 heterocycles. The number of rotatable bonds is 3. The second-order valence-electron chi connectivity index (χ2n) is 7.01. The second-order valence-corrected chi connectivity index (χ2v) is 7.01. The summed E-state index contributed by atoms with van der Waals surface area (Å²) in [6.07, 6.45) is 3.23. The van der Waals surface area contributed by atoms with E-state index in [1.54, 1.807) is 35.8 Å². The van der Waals surface area contributed by atoms with Gasteiger partial charge in [-0.3, -0.25) is 9.59 Å². The van der Waals surface area contributed by atoms with Crippen molar-refractivity contribution >= 4 is 17.5 Å². The summed E-state index contributed by atoms with van der Waals surface area (Å²) >= 11 is 0. The molecule has 1 atom stereocenters. The van der Waals surface area contributed by atoms with Gasteiger partial charge >= 0.3 is 0 Å². The van der Waals surface area contributed by atoms with Crippen molar-refractivity contribution in [2.45, 2.75) is 51.2 Å². The summed E-state index contributed by atoms with van der Waals surface area (Å²) in [6, 6.07) is 7.10. The largest absolute Gasteiger partial charge is 0.388 e. The van der Waals surface area contributed by atoms with Crippen molar-refractivity contribution in [3.63, 3.8) is 0 Å². The average Bonchev–Trinajstić information content (AvgIpc) is 3.15. The van der Waals surface area contributed by atoms with Gasteiger partial charge in [-0.05, 0) is 57.4 Å². The Kier molecular flexibility index (Phi) is 4.15. The zero-order valence-electron chi connectivity index (χ0n) is 13.8. The minimum atomic E-state index is -0.895. The fourth-order valence-electron chi connectivity index (χ4n) is 3.62. The van der Waals surface area contributed by atoms with Gasteiger partial charge in [0, 0.05) is 30.8 Å². The van der Waals surface area contributed by atoms with Crippen molar-refractivity contribution in [2.75, 3.05) is 18.0 Å². The Morgan fingerprint density at radius 2 is 1.87 bits per heavy atom. The van der Waals surface area contributed by atoms with Gasteiger partial charge in [0.05, 0.1) is 11.6 Å². The summed E-state index contributed by atoms with van der Waals surface area (Å²) in [5, 5.41) is 10.3. The summed E-state index contributed by atoms with van der Waals surface area (Å²) < 4.78 is 0. The highest BCUT2D eigenvalue weighted by Crippen LogP contribution is 2.29. The Balaban J connectivity index is 1.76. The van der Waals surface area contributed by atoms with E-state index in [0.717, 1.165) is 31.5 Å². The Morgan fingerprint density at radius 1 is 1.17 bits per heavy atom. The van der Waals surface area contributed by atoms with Crippen LogP contribution in [-0.4, -0.2) is 46.6 Å². The van der Waals surface area contributed by atoms with Gasteiger partial charge in [-0.25, -0.2) is 0 Å². The summed E-state index contributed by atoms with van der Waals surface area (Å²) in [5.41, 5.74) is 0.565. The van der Waals surface area contributed by atoms with Crippen LogP contribution in [0.25, 0.3) is 0 Å². The average molecular weight is 316 g/mol. The number of carbonyl (C=O) groups is 2. The molecular formula is C18H24N2O3. The van der Waals surface area contributed by atoms with E-state index < -0.39 is 5.60 Å². The molecule has 2 amide bonds. The quantitative estimate of drug-likeness (QED) is 0.930. The number of anilines is 1. The van der Waals surface area contributed by atoms with E-state index in [0.29, 0.717) is 18.5 Å². The highest BCUT2D eigenvalue weighted by atomic mass is 16.3. The zero-order valence-corrected chi connectivity index (χ0v) is 13.8. The highest BCUT2D eigenvalue weighted by molar-refractivity contribution is 5.97. The number of carbonyl (C=O) groups excluding carboxylic acids is 2. The minimum absolute atomic E-state index is 0.0473. The lowest BCUT2D eigenvalue weighted by Crippen LogP contribution is -2.48. The third-order valence-corrected chi connectivity index (χ3v) is 4.83. The van der Waals surface area contributed by atoms with Crippen LogP contribution in [0.2, 0.25) is 0 Å². The van der Waals surface area contributed by atoms with E-state index in [2.05, 4.69) is 0 Å². The molecule has 5 heteroatoms. The molecular weight excluding hydrogens is 292 g/mol. The Morgan fingerprint density at radius 3 is 2.43 bits per heavy atom. The first kappa shape index (κ1) is 16.0. The number of hydrogen-bond donors (Lipinski definition) is 1. The first-order chi connectivity index (χ1) is 10.9. The zero-order chi connectivity index (χ0) is 16.6. The first-order valence-electron chi connectivity index (χ1n) is 8.32. The molecule has 0 spiro atoms. The van der Waals surface area contributed by atoms with Crippen molar-refractivity contribution in [3.8, 4) is 0 Å². The fourth-order valence-corrected chi connectivity index (χ4v) is 3.62. The van der Waals surface area contributed by atoms with Crippen LogP contribution < -0.4 is 4.90 Å². The molecule has 5 nitrogen and oxygen atoms in total. The summed E-state index contributed by atoms with van der Waals surface area (Å²) in [6.45, 7) is 4.94. The third-order valence-electron chi connectivity index (χ3n) is 4.83. The second kappa shape index (κ2) is 5.96. The number of benzene rings is 1. The van der Waals surface area contributed by atoms with Crippen molar-refractivity contribution < 1.29 is 14.7 Å². The van der Waals surface area contributed by atoms with Gasteiger partial charge in [-0.15, -0.1) is 0 Å². The van der Waals surface area contributed by atoms with Crippen LogP contribution in [0.5, 0.6) is 0 Å². The van der Waals surface area contributed by atoms with Crippen molar-refractivity contribution in [3.05, 3.63) is 29.8 Å². The van der Waals surface area contributed by atoms with Crippen LogP contribution in [0.4, 0.5) is 5.69 Å². The number of hydrogen-bond acceptors (Lipinski definition) is 3. The maximum atomic E-state index is 12.7. The molecule has 1 unspecified atom stereocenters. The van der Waals surface area contributed by atoms with E-state index in [9.17, 15) is 14.7 Å². The Hall–Kier alpha value is -1.88. The van der Waals surface area contributed by atoms with Crippen LogP contribution >= 0.6 is 0 Å². The molecule has 2 fully saturated rings. The van der Waals surface area contributed by atoms with Crippen LogP contribution in [0.3, 0.4) is 0 Å². The summed E-state index contributed by atoms with van der Waals surface area (Å²) in [7, 11) is 0. The molecule has 0 aromatic heterocycles. The molecule has 1 N–H and O–H groups in total. The Labute approximate surface area is 136 Å². The van der Waals surface area contributed by atoms with Crippen molar-refractivity contribution in [1.29, 1.82) is 0 Å². The van der Waals surface area contributed by atoms with Crippen LogP contribution in [0.15, 0.2) is 24.3 Å². The molecule has 2 saturated heterocycles. The predicted molar refractivity (Wildman–Crippen MR) is 88.4 cm³/mol. The fraction of sp³-hybridized carbons (Fsp3) is 0.556. The maximum absolute atomic E-state index is 12.7. The molecule has 124 valence electrons. The van der Waals surface area contributed by atoms with Gasteiger partial charge in [0.15, 0.2) is 0 Å². The standard InChI is InChI=1S/C18H24N2O3/c1-18(2,23)15-5-3-12-20(15)17(22)13-7-9-14(10-8-13)19-11-4-6-16(19)21/h7-10,15,23H,3-6,11-12H2,1-2H3. The first-order valence-corrected chi connectivity index (χ1v) is 8.32. The smallest absolute Gasteiger partial charge is 0.254 e. The highest BCUT2D eigenvalue weighted by Gasteiger charge is 2.38. The molecule has 0 aliphatic carbocycles. The van der Waals surface area contributed by atoms with Crippen molar-refractivity contribution in [1.82, 2.24) is 4.90 Å². The maximum Gasteiger partial charge on any atom is 0.254 e. The monoisotopic (exact) mass is 316 g/mol. The molecule has 1 aromatic carbocycles. The van der Waals surface area contributed by atoms with Crippen LogP contribution in [0, 0.1) is 0 Å². The minimum Gasteiger partial charge on any atom is -0.388 e. The number of amides is 2. The molecule has 2 aliphatic rings. The van der Waals surface area contributed by atoms with E-state index in [1.807, 2.05) is 12.1 Å². The number of likely N-dealkylation sites (tertiary alicyclic amines) is 1. The van der Waals surface area contributed by atoms with Crippen LogP contribution in [-0.2, 0) is 4.79 Å².